The van der Waals surface area contributed by atoms with Gasteiger partial charge in [-0.15, -0.1) is 0 Å². The van der Waals surface area contributed by atoms with Crippen LogP contribution >= 0.6 is 0 Å². The highest BCUT2D eigenvalue weighted by Crippen LogP contribution is 2.35. The molecule has 0 bridgehead atoms. The zero-order chi connectivity index (χ0) is 26.7. The number of nitrogens with one attached hydrogen (secondary N) is 1. The largest absolute Gasteiger partial charge is 0.495 e. The quantitative estimate of drug-likeness (QED) is 0.435. The Kier molecular flexibility index (Phi) is 7.10. The second-order valence-corrected chi connectivity index (χ2v) is 10.5. The SMILES string of the molecule is COc1ccc(C(=O)OCC(=O)NCc2ccc3c(c2)OCO3)cc1S(=O)(=O)N1CCCc2ccccc21. The van der Waals surface area contributed by atoms with Gasteiger partial charge in [0.15, 0.2) is 18.1 Å². The Bertz CT molecular complexity index is 1490. The van der Waals surface area contributed by atoms with E-state index < -0.39 is 28.5 Å². The number of hydrogen-bond donors (Lipinski definition) is 1. The molecule has 2 heterocycles. The van der Waals surface area contributed by atoms with Crippen LogP contribution in [0.15, 0.2) is 65.6 Å². The number of aryl methyl sites for hydroxylation is 1. The fraction of sp³-hybridized carbons (Fsp3) is 0.259. The lowest BCUT2D eigenvalue weighted by Gasteiger charge is -2.30. The second-order valence-electron chi connectivity index (χ2n) is 8.72. The molecule has 0 aliphatic carbocycles. The van der Waals surface area contributed by atoms with Crippen LogP contribution in [0.2, 0.25) is 0 Å². The molecule has 1 amide bonds. The number of methoxy groups -OCH3 is 1. The molecule has 0 fully saturated rings. The van der Waals surface area contributed by atoms with Crippen molar-refractivity contribution in [1.82, 2.24) is 5.32 Å². The molecule has 1 N–H and O–H groups in total. The van der Waals surface area contributed by atoms with Crippen molar-refractivity contribution in [1.29, 1.82) is 0 Å². The summed E-state index contributed by atoms with van der Waals surface area (Å²) in [5.41, 5.74) is 2.31. The van der Waals surface area contributed by atoms with Crippen molar-refractivity contribution in [2.45, 2.75) is 24.3 Å². The van der Waals surface area contributed by atoms with Gasteiger partial charge in [-0.05, 0) is 60.4 Å². The van der Waals surface area contributed by atoms with Gasteiger partial charge in [0.1, 0.15) is 10.6 Å². The molecule has 3 aromatic carbocycles. The van der Waals surface area contributed by atoms with Crippen LogP contribution in [-0.2, 0) is 32.5 Å². The van der Waals surface area contributed by atoms with Crippen LogP contribution in [0.5, 0.6) is 17.2 Å². The van der Waals surface area contributed by atoms with E-state index in [-0.39, 0.29) is 29.5 Å². The number of nitrogens with zero attached hydrogens (tertiary/aromatic N) is 1. The number of anilines is 1. The second kappa shape index (κ2) is 10.6. The normalized spacial score (nSPS) is 14.0. The average molecular weight is 539 g/mol. The first kappa shape index (κ1) is 25.4. The lowest BCUT2D eigenvalue weighted by atomic mass is 10.0. The number of hydrogen-bond acceptors (Lipinski definition) is 8. The van der Waals surface area contributed by atoms with E-state index in [4.69, 9.17) is 18.9 Å². The first-order valence-corrected chi connectivity index (χ1v) is 13.4. The van der Waals surface area contributed by atoms with Gasteiger partial charge in [0, 0.05) is 13.1 Å². The summed E-state index contributed by atoms with van der Waals surface area (Å²) in [6.07, 6.45) is 1.45. The molecule has 0 saturated carbocycles. The molecule has 0 atom stereocenters. The number of amides is 1. The highest BCUT2D eigenvalue weighted by molar-refractivity contribution is 7.93. The van der Waals surface area contributed by atoms with Gasteiger partial charge in [0.2, 0.25) is 6.79 Å². The molecule has 0 radical (unpaired) electrons. The molecule has 0 spiro atoms. The van der Waals surface area contributed by atoms with Crippen molar-refractivity contribution < 1.29 is 37.0 Å². The number of rotatable bonds is 8. The maximum absolute atomic E-state index is 13.7. The van der Waals surface area contributed by atoms with Gasteiger partial charge in [0.25, 0.3) is 15.9 Å². The summed E-state index contributed by atoms with van der Waals surface area (Å²) in [5, 5.41) is 2.67. The van der Waals surface area contributed by atoms with Gasteiger partial charge in [-0.2, -0.15) is 0 Å². The van der Waals surface area contributed by atoms with Crippen molar-refractivity contribution in [3.05, 3.63) is 77.4 Å². The number of benzene rings is 3. The van der Waals surface area contributed by atoms with Crippen molar-refractivity contribution in [2.75, 3.05) is 31.4 Å². The highest BCUT2D eigenvalue weighted by Gasteiger charge is 2.32. The minimum atomic E-state index is -4.05. The van der Waals surface area contributed by atoms with E-state index in [1.165, 1.54) is 29.6 Å². The van der Waals surface area contributed by atoms with E-state index in [1.807, 2.05) is 12.1 Å². The molecule has 198 valence electrons. The summed E-state index contributed by atoms with van der Waals surface area (Å²) in [6.45, 7) is 0.133. The number of carbonyl (C=O) groups excluding carboxylic acids is 2. The van der Waals surface area contributed by atoms with E-state index >= 15 is 0 Å². The summed E-state index contributed by atoms with van der Waals surface area (Å²) in [7, 11) is -2.68. The predicted octanol–water partition coefficient (Wildman–Crippen LogP) is 3.04. The van der Waals surface area contributed by atoms with Crippen LogP contribution in [0.25, 0.3) is 0 Å². The Morgan fingerprint density at radius 2 is 1.84 bits per heavy atom. The minimum absolute atomic E-state index is 0.0155. The Balaban J connectivity index is 1.26. The first-order valence-electron chi connectivity index (χ1n) is 12.0. The van der Waals surface area contributed by atoms with Gasteiger partial charge in [-0.25, -0.2) is 13.2 Å². The summed E-state index contributed by atoms with van der Waals surface area (Å²) in [5.74, 6) is -0.00407. The lowest BCUT2D eigenvalue weighted by molar-refractivity contribution is -0.124. The van der Waals surface area contributed by atoms with Crippen LogP contribution in [0, 0.1) is 0 Å². The molecule has 11 heteroatoms. The van der Waals surface area contributed by atoms with Gasteiger partial charge >= 0.3 is 5.97 Å². The summed E-state index contributed by atoms with van der Waals surface area (Å²) >= 11 is 0. The van der Waals surface area contributed by atoms with Crippen LogP contribution in [0.3, 0.4) is 0 Å². The monoisotopic (exact) mass is 538 g/mol. The minimum Gasteiger partial charge on any atom is -0.495 e. The standard InChI is InChI=1S/C27H26N2O8S/c1-34-23-11-9-20(14-25(23)38(32,33)29-12-4-6-19-5-2-3-7-21(19)29)27(31)35-16-26(30)28-15-18-8-10-22-24(13-18)37-17-36-22/h2-3,5,7-11,13-14H,4,6,12,15-17H2,1H3,(H,28,30). The maximum Gasteiger partial charge on any atom is 0.338 e. The van der Waals surface area contributed by atoms with Crippen LogP contribution in [-0.4, -0.2) is 47.3 Å². The smallest absolute Gasteiger partial charge is 0.338 e. The maximum atomic E-state index is 13.7. The van der Waals surface area contributed by atoms with Crippen molar-refractivity contribution in [3.63, 3.8) is 0 Å². The molecule has 0 saturated heterocycles. The zero-order valence-corrected chi connectivity index (χ0v) is 21.5. The molecular weight excluding hydrogens is 512 g/mol. The summed E-state index contributed by atoms with van der Waals surface area (Å²) in [4.78, 5) is 24.8. The van der Waals surface area contributed by atoms with E-state index in [0.29, 0.717) is 30.2 Å². The Labute approximate surface area is 220 Å². The molecule has 3 aromatic rings. The van der Waals surface area contributed by atoms with Crippen LogP contribution in [0.1, 0.15) is 27.9 Å². The third-order valence-corrected chi connectivity index (χ3v) is 8.13. The molecule has 5 rings (SSSR count). The Hall–Kier alpha value is -4.25. The third kappa shape index (κ3) is 5.10. The van der Waals surface area contributed by atoms with E-state index in [2.05, 4.69) is 5.32 Å². The van der Waals surface area contributed by atoms with Gasteiger partial charge < -0.3 is 24.3 Å². The molecule has 2 aliphatic rings. The predicted molar refractivity (Wildman–Crippen MR) is 137 cm³/mol. The Morgan fingerprint density at radius 1 is 1.03 bits per heavy atom. The number of carbonyl (C=O) groups is 2. The van der Waals surface area contributed by atoms with Gasteiger partial charge in [-0.3, -0.25) is 9.10 Å². The zero-order valence-electron chi connectivity index (χ0n) is 20.6. The molecule has 10 nitrogen and oxygen atoms in total. The lowest BCUT2D eigenvalue weighted by Crippen LogP contribution is -2.35. The van der Waals surface area contributed by atoms with E-state index in [1.54, 1.807) is 30.3 Å². The molecular formula is C27H26N2O8S. The fourth-order valence-corrected chi connectivity index (χ4v) is 6.12. The number of fused-ring (bicyclic) bond motifs is 2. The van der Waals surface area contributed by atoms with Gasteiger partial charge in [0.05, 0.1) is 18.4 Å². The highest BCUT2D eigenvalue weighted by atomic mass is 32.2. The topological polar surface area (TPSA) is 120 Å². The van der Waals surface area contributed by atoms with E-state index in [0.717, 1.165) is 17.5 Å². The summed E-state index contributed by atoms with van der Waals surface area (Å²) in [6, 6.07) is 16.6. The molecule has 0 unspecified atom stereocenters. The average Bonchev–Trinajstić information content (AvgIpc) is 3.42. The summed E-state index contributed by atoms with van der Waals surface area (Å²) < 4.78 is 49.7. The molecule has 38 heavy (non-hydrogen) atoms. The number of sulfonamides is 1. The van der Waals surface area contributed by atoms with Crippen molar-refractivity contribution >= 4 is 27.6 Å². The fourth-order valence-electron chi connectivity index (χ4n) is 4.39. The third-order valence-electron chi connectivity index (χ3n) is 6.30. The van der Waals surface area contributed by atoms with Crippen molar-refractivity contribution in [2.24, 2.45) is 0 Å². The molecule has 2 aliphatic heterocycles. The Morgan fingerprint density at radius 3 is 2.68 bits per heavy atom. The van der Waals surface area contributed by atoms with Crippen LogP contribution < -0.4 is 23.8 Å². The number of para-hydroxylation sites is 1. The van der Waals surface area contributed by atoms with Crippen LogP contribution in [0.4, 0.5) is 5.69 Å². The molecule has 0 aromatic heterocycles. The number of esters is 1. The number of ether oxygens (including phenoxy) is 4. The first-order chi connectivity index (χ1) is 18.4. The van der Waals surface area contributed by atoms with Crippen molar-refractivity contribution in [3.8, 4) is 17.2 Å². The van der Waals surface area contributed by atoms with Gasteiger partial charge in [-0.1, -0.05) is 24.3 Å². The van der Waals surface area contributed by atoms with E-state index in [9.17, 15) is 18.0 Å².